The van der Waals surface area contributed by atoms with E-state index in [4.69, 9.17) is 4.74 Å². The fourth-order valence-corrected chi connectivity index (χ4v) is 3.70. The molecule has 0 aliphatic heterocycles. The summed E-state index contributed by atoms with van der Waals surface area (Å²) in [6, 6.07) is 0. The predicted molar refractivity (Wildman–Crippen MR) is 93.3 cm³/mol. The molecule has 2 nitrogen and oxygen atoms in total. The maximum Gasteiger partial charge on any atom is 0.305 e. The van der Waals surface area contributed by atoms with Crippen LogP contribution in [0.1, 0.15) is 72.1 Å². The molecule has 0 amide bonds. The lowest BCUT2D eigenvalue weighted by atomic mass is 10.1. The van der Waals surface area contributed by atoms with E-state index < -0.39 is 0 Å². The van der Waals surface area contributed by atoms with Crippen molar-refractivity contribution < 1.29 is 9.53 Å². The molecule has 120 valence electrons. The van der Waals surface area contributed by atoms with E-state index in [0.717, 1.165) is 12.2 Å². The number of carbonyl (C=O) groups is 1. The minimum Gasteiger partial charge on any atom is -0.465 e. The summed E-state index contributed by atoms with van der Waals surface area (Å²) in [5.41, 5.74) is 0. The summed E-state index contributed by atoms with van der Waals surface area (Å²) in [5.74, 6) is 2.66. The van der Waals surface area contributed by atoms with Crippen LogP contribution in [0.15, 0.2) is 0 Å². The molecule has 0 aromatic rings. The molecule has 0 fully saturated rings. The van der Waals surface area contributed by atoms with Crippen LogP contribution in [-0.4, -0.2) is 24.1 Å². The van der Waals surface area contributed by atoms with Crippen LogP contribution in [0.3, 0.4) is 0 Å². The summed E-state index contributed by atoms with van der Waals surface area (Å²) in [5, 5.41) is 0. The third kappa shape index (κ3) is 16.2. The van der Waals surface area contributed by atoms with E-state index in [0.29, 0.717) is 18.9 Å². The van der Waals surface area contributed by atoms with Crippen LogP contribution in [-0.2, 0) is 9.53 Å². The molecule has 4 heteroatoms. The number of hydrogen-bond donors (Lipinski definition) is 0. The first kappa shape index (κ1) is 20.2. The van der Waals surface area contributed by atoms with Gasteiger partial charge in [0.05, 0.1) is 0 Å². The molecule has 0 aliphatic carbocycles. The molecule has 0 aromatic carbocycles. The van der Waals surface area contributed by atoms with Crippen LogP contribution >= 0.6 is 21.6 Å². The van der Waals surface area contributed by atoms with Gasteiger partial charge in [0.15, 0.2) is 0 Å². The van der Waals surface area contributed by atoms with Gasteiger partial charge in [0.25, 0.3) is 0 Å². The van der Waals surface area contributed by atoms with E-state index in [2.05, 4.69) is 20.8 Å². The average Bonchev–Trinajstić information content (AvgIpc) is 2.42. The maximum atomic E-state index is 11.4. The lowest BCUT2D eigenvalue weighted by Crippen LogP contribution is -2.08. The first-order valence-electron chi connectivity index (χ1n) is 8.06. The fraction of sp³-hybridized carbons (Fsp3) is 0.938. The predicted octanol–water partition coefficient (Wildman–Crippen LogP) is 5.71. The zero-order valence-corrected chi connectivity index (χ0v) is 15.1. The van der Waals surface area contributed by atoms with E-state index in [1.165, 1.54) is 44.3 Å². The molecule has 0 bridgehead atoms. The highest BCUT2D eigenvalue weighted by Gasteiger charge is 2.04. The van der Waals surface area contributed by atoms with Gasteiger partial charge in [-0.15, -0.1) is 0 Å². The smallest absolute Gasteiger partial charge is 0.305 e. The second-order valence-corrected chi connectivity index (χ2v) is 8.27. The lowest BCUT2D eigenvalue weighted by molar-refractivity contribution is -0.143. The van der Waals surface area contributed by atoms with Crippen LogP contribution in [0.4, 0.5) is 0 Å². The lowest BCUT2D eigenvalue weighted by Gasteiger charge is -2.06. The van der Waals surface area contributed by atoms with Crippen LogP contribution in [0, 0.1) is 5.92 Å². The molecule has 0 aromatic heterocycles. The van der Waals surface area contributed by atoms with E-state index in [1.54, 1.807) is 0 Å². The highest BCUT2D eigenvalue weighted by molar-refractivity contribution is 8.76. The van der Waals surface area contributed by atoms with Gasteiger partial charge in [-0.3, -0.25) is 4.79 Å². The van der Waals surface area contributed by atoms with Crippen LogP contribution in [0.25, 0.3) is 0 Å². The number of ether oxygens (including phenoxy) is 1. The van der Waals surface area contributed by atoms with Gasteiger partial charge in [0.2, 0.25) is 0 Å². The van der Waals surface area contributed by atoms with Crippen LogP contribution < -0.4 is 0 Å². The van der Waals surface area contributed by atoms with Crippen molar-refractivity contribution in [3.8, 4) is 0 Å². The van der Waals surface area contributed by atoms with Crippen molar-refractivity contribution in [1.82, 2.24) is 0 Å². The van der Waals surface area contributed by atoms with E-state index in [9.17, 15) is 4.79 Å². The average molecular weight is 321 g/mol. The molecule has 0 spiro atoms. The van der Waals surface area contributed by atoms with Crippen molar-refractivity contribution >= 4 is 27.6 Å². The Kier molecular flexibility index (Phi) is 15.7. The van der Waals surface area contributed by atoms with Gasteiger partial charge in [0.1, 0.15) is 6.61 Å². The van der Waals surface area contributed by atoms with E-state index >= 15 is 0 Å². The van der Waals surface area contributed by atoms with Gasteiger partial charge < -0.3 is 4.74 Å². The van der Waals surface area contributed by atoms with Crippen LogP contribution in [0.5, 0.6) is 0 Å². The molecule has 0 aliphatic rings. The molecule has 0 atom stereocenters. The van der Waals surface area contributed by atoms with Crippen LogP contribution in [0.2, 0.25) is 0 Å². The Morgan fingerprint density at radius 3 is 2.35 bits per heavy atom. The summed E-state index contributed by atoms with van der Waals surface area (Å²) >= 11 is 0. The Balaban J connectivity index is 3.11. The summed E-state index contributed by atoms with van der Waals surface area (Å²) in [7, 11) is 3.74. The molecule has 0 N–H and O–H groups in total. The maximum absolute atomic E-state index is 11.4. The Bertz CT molecular complexity index is 221. The standard InChI is InChI=1S/C16H32O2S2/c1-4-5-6-7-8-9-13-19-20-14-12-18-16(17)11-10-15(2)3/h15H,4-14H2,1-3H3. The second kappa shape index (κ2) is 15.6. The summed E-state index contributed by atoms with van der Waals surface area (Å²) in [6.45, 7) is 7.07. The minimum absolute atomic E-state index is 0.0415. The molecule has 0 rings (SSSR count). The van der Waals surface area contributed by atoms with Gasteiger partial charge in [-0.2, -0.15) is 0 Å². The summed E-state index contributed by atoms with van der Waals surface area (Å²) in [6.07, 6.45) is 9.64. The monoisotopic (exact) mass is 320 g/mol. The molecule has 0 unspecified atom stereocenters. The normalized spacial score (nSPS) is 11.0. The number of esters is 1. The van der Waals surface area contributed by atoms with Gasteiger partial charge in [-0.25, -0.2) is 0 Å². The van der Waals surface area contributed by atoms with E-state index in [-0.39, 0.29) is 5.97 Å². The Hall–Kier alpha value is 0.170. The molecule has 20 heavy (non-hydrogen) atoms. The topological polar surface area (TPSA) is 26.3 Å². The number of carbonyl (C=O) groups excluding carboxylic acids is 1. The van der Waals surface area contributed by atoms with E-state index in [1.807, 2.05) is 21.6 Å². The minimum atomic E-state index is -0.0415. The Morgan fingerprint density at radius 2 is 1.65 bits per heavy atom. The molecule has 0 heterocycles. The quantitative estimate of drug-likeness (QED) is 0.233. The zero-order valence-electron chi connectivity index (χ0n) is 13.5. The first-order chi connectivity index (χ1) is 9.66. The number of unbranched alkanes of at least 4 members (excludes halogenated alkanes) is 5. The van der Waals surface area contributed by atoms with Gasteiger partial charge in [0, 0.05) is 17.9 Å². The molecule has 0 saturated carbocycles. The third-order valence-electron chi connectivity index (χ3n) is 3.02. The Morgan fingerprint density at radius 1 is 1.00 bits per heavy atom. The third-order valence-corrected chi connectivity index (χ3v) is 5.48. The highest BCUT2D eigenvalue weighted by Crippen LogP contribution is 2.22. The summed E-state index contributed by atoms with van der Waals surface area (Å²) in [4.78, 5) is 11.4. The van der Waals surface area contributed by atoms with Crippen molar-refractivity contribution in [2.75, 3.05) is 18.1 Å². The van der Waals surface area contributed by atoms with Gasteiger partial charge in [-0.05, 0) is 18.8 Å². The molecule has 0 saturated heterocycles. The number of rotatable bonds is 14. The largest absolute Gasteiger partial charge is 0.465 e. The molecular weight excluding hydrogens is 288 g/mol. The number of hydrogen-bond acceptors (Lipinski definition) is 4. The van der Waals surface area contributed by atoms with Crippen molar-refractivity contribution in [2.45, 2.75) is 72.1 Å². The van der Waals surface area contributed by atoms with Crippen molar-refractivity contribution in [3.63, 3.8) is 0 Å². The van der Waals surface area contributed by atoms with Crippen molar-refractivity contribution in [2.24, 2.45) is 5.92 Å². The fourth-order valence-electron chi connectivity index (χ4n) is 1.73. The summed E-state index contributed by atoms with van der Waals surface area (Å²) < 4.78 is 5.19. The highest BCUT2D eigenvalue weighted by atomic mass is 33.1. The first-order valence-corrected chi connectivity index (χ1v) is 10.6. The SMILES string of the molecule is CCCCCCCCSSCCOC(=O)CCC(C)C. The zero-order chi connectivity index (χ0) is 15.1. The molecule has 0 radical (unpaired) electrons. The van der Waals surface area contributed by atoms with Crippen molar-refractivity contribution in [1.29, 1.82) is 0 Å². The Labute approximate surface area is 133 Å². The van der Waals surface area contributed by atoms with Gasteiger partial charge >= 0.3 is 5.97 Å². The second-order valence-electron chi connectivity index (χ2n) is 5.56. The molecular formula is C16H32O2S2. The van der Waals surface area contributed by atoms with Gasteiger partial charge in [-0.1, -0.05) is 74.5 Å². The van der Waals surface area contributed by atoms with Crippen molar-refractivity contribution in [3.05, 3.63) is 0 Å².